The summed E-state index contributed by atoms with van der Waals surface area (Å²) in [5.74, 6) is -1.06. The number of fused-ring (bicyclic) bond motifs is 2. The van der Waals surface area contributed by atoms with E-state index in [0.29, 0.717) is 16.7 Å². The van der Waals surface area contributed by atoms with Crippen molar-refractivity contribution in [3.63, 3.8) is 0 Å². The highest BCUT2D eigenvalue weighted by molar-refractivity contribution is 6.08. The molecular weight excluding hydrogens is 395 g/mol. The predicted octanol–water partition coefficient (Wildman–Crippen LogP) is 1.67. The van der Waals surface area contributed by atoms with Gasteiger partial charge in [0.05, 0.1) is 19.9 Å². The van der Waals surface area contributed by atoms with Gasteiger partial charge in [0, 0.05) is 23.6 Å². The predicted molar refractivity (Wildman–Crippen MR) is 100 cm³/mol. The number of carbonyl (C=O) groups excluding carboxylic acids is 3. The van der Waals surface area contributed by atoms with Gasteiger partial charge in [-0.25, -0.2) is 9.78 Å². The number of urea groups is 1. The van der Waals surface area contributed by atoms with Crippen LogP contribution < -0.4 is 15.4 Å². The summed E-state index contributed by atoms with van der Waals surface area (Å²) < 4.78 is 24.4. The zero-order valence-electron chi connectivity index (χ0n) is 15.7. The second-order valence-electron chi connectivity index (χ2n) is 7.15. The highest BCUT2D eigenvalue weighted by Crippen LogP contribution is 2.34. The molecule has 152 valence electrons. The van der Waals surface area contributed by atoms with Crippen molar-refractivity contribution in [2.75, 3.05) is 13.7 Å². The molecule has 10 heteroatoms. The molecule has 0 saturated carbocycles. The molecule has 2 N–H and O–H groups in total. The first kappa shape index (κ1) is 18.1. The Labute approximate surface area is 168 Å². The minimum atomic E-state index is -1.66. The number of pyridine rings is 1. The van der Waals surface area contributed by atoms with Gasteiger partial charge in [-0.3, -0.25) is 14.9 Å². The SMILES string of the molecule is COc1ccc2c(c1)C(=O)N(CC1(c3cc4cc(F)ncc4o3)NC(=O)NC1=O)C2. The molecule has 2 aliphatic rings. The zero-order chi connectivity index (χ0) is 21.0. The van der Waals surface area contributed by atoms with Gasteiger partial charge in [0.15, 0.2) is 11.1 Å². The fourth-order valence-corrected chi connectivity index (χ4v) is 3.86. The number of halogens is 1. The standard InChI is InChI=1S/C20H15FN4O5/c1-29-12-3-2-10-8-25(17(26)13(10)6-12)9-20(18(27)23-19(28)24-20)15-4-11-5-16(21)22-7-14(11)30-15/h2-7H,8-9H2,1H3,(H2,23,24,27,28). The number of nitrogens with one attached hydrogen (secondary N) is 2. The second-order valence-corrected chi connectivity index (χ2v) is 7.15. The summed E-state index contributed by atoms with van der Waals surface area (Å²) in [6.07, 6.45) is 1.19. The molecule has 1 aromatic carbocycles. The van der Waals surface area contributed by atoms with Gasteiger partial charge >= 0.3 is 6.03 Å². The van der Waals surface area contributed by atoms with Crippen molar-refractivity contribution < 1.29 is 27.9 Å². The lowest BCUT2D eigenvalue weighted by molar-refractivity contribution is -0.125. The molecule has 5 rings (SSSR count). The summed E-state index contributed by atoms with van der Waals surface area (Å²) in [6, 6.07) is 7.07. The first-order valence-electron chi connectivity index (χ1n) is 9.05. The van der Waals surface area contributed by atoms with E-state index in [4.69, 9.17) is 9.15 Å². The van der Waals surface area contributed by atoms with Crippen molar-refractivity contribution in [3.05, 3.63) is 59.4 Å². The summed E-state index contributed by atoms with van der Waals surface area (Å²) in [5, 5.41) is 5.15. The van der Waals surface area contributed by atoms with Gasteiger partial charge in [0.25, 0.3) is 11.8 Å². The van der Waals surface area contributed by atoms with Gasteiger partial charge in [-0.05, 0) is 23.8 Å². The number of nitrogens with zero attached hydrogens (tertiary/aromatic N) is 2. The summed E-state index contributed by atoms with van der Waals surface area (Å²) in [6.45, 7) is 0.0790. The molecule has 9 nitrogen and oxygen atoms in total. The van der Waals surface area contributed by atoms with E-state index in [-0.39, 0.29) is 30.3 Å². The third-order valence-electron chi connectivity index (χ3n) is 5.36. The summed E-state index contributed by atoms with van der Waals surface area (Å²) in [4.78, 5) is 42.8. The zero-order valence-corrected chi connectivity index (χ0v) is 15.7. The molecular formula is C20H15FN4O5. The average molecular weight is 410 g/mol. The average Bonchev–Trinajstić information content (AvgIpc) is 3.36. The Kier molecular flexibility index (Phi) is 3.79. The number of aromatic nitrogens is 1. The summed E-state index contributed by atoms with van der Waals surface area (Å²) >= 11 is 0. The third kappa shape index (κ3) is 2.60. The van der Waals surface area contributed by atoms with Crippen LogP contribution in [-0.2, 0) is 16.9 Å². The minimum absolute atomic E-state index is 0.0783. The topological polar surface area (TPSA) is 114 Å². The highest BCUT2D eigenvalue weighted by Gasteiger charge is 2.53. The summed E-state index contributed by atoms with van der Waals surface area (Å²) in [7, 11) is 1.51. The van der Waals surface area contributed by atoms with Crippen molar-refractivity contribution in [1.29, 1.82) is 0 Å². The van der Waals surface area contributed by atoms with Crippen LogP contribution in [0.5, 0.6) is 5.75 Å². The van der Waals surface area contributed by atoms with E-state index < -0.39 is 23.4 Å². The fourth-order valence-electron chi connectivity index (χ4n) is 3.86. The minimum Gasteiger partial charge on any atom is -0.497 e. The second kappa shape index (κ2) is 6.28. The first-order valence-corrected chi connectivity index (χ1v) is 9.05. The molecule has 1 saturated heterocycles. The Morgan fingerprint density at radius 3 is 2.83 bits per heavy atom. The number of methoxy groups -OCH3 is 1. The normalized spacial score (nSPS) is 20.5. The molecule has 0 bridgehead atoms. The van der Waals surface area contributed by atoms with Crippen LogP contribution >= 0.6 is 0 Å². The maximum Gasteiger partial charge on any atom is 0.322 e. The first-order chi connectivity index (χ1) is 14.4. The number of benzene rings is 1. The molecule has 0 spiro atoms. The van der Waals surface area contributed by atoms with Crippen LogP contribution in [0.4, 0.5) is 9.18 Å². The molecule has 1 atom stereocenters. The Balaban J connectivity index is 1.55. The number of hydrogen-bond acceptors (Lipinski definition) is 6. The Bertz CT molecular complexity index is 1240. The fraction of sp³-hybridized carbons (Fsp3) is 0.200. The molecule has 2 aliphatic heterocycles. The smallest absolute Gasteiger partial charge is 0.322 e. The molecule has 0 aliphatic carbocycles. The maximum absolute atomic E-state index is 13.5. The molecule has 4 heterocycles. The van der Waals surface area contributed by atoms with E-state index in [1.807, 2.05) is 0 Å². The van der Waals surface area contributed by atoms with Crippen molar-refractivity contribution in [3.8, 4) is 5.75 Å². The summed E-state index contributed by atoms with van der Waals surface area (Å²) in [5.41, 5.74) is -0.170. The van der Waals surface area contributed by atoms with Gasteiger partial charge < -0.3 is 19.4 Å². The van der Waals surface area contributed by atoms with E-state index >= 15 is 0 Å². The number of rotatable bonds is 4. The van der Waals surface area contributed by atoms with Crippen LogP contribution in [-0.4, -0.2) is 41.4 Å². The van der Waals surface area contributed by atoms with Gasteiger partial charge in [-0.1, -0.05) is 6.07 Å². The molecule has 1 unspecified atom stereocenters. The van der Waals surface area contributed by atoms with Crippen LogP contribution in [0.15, 0.2) is 40.9 Å². The van der Waals surface area contributed by atoms with Crippen molar-refractivity contribution in [1.82, 2.24) is 20.5 Å². The van der Waals surface area contributed by atoms with E-state index in [1.54, 1.807) is 18.2 Å². The number of hydrogen-bond donors (Lipinski definition) is 2. The van der Waals surface area contributed by atoms with Gasteiger partial charge in [-0.15, -0.1) is 0 Å². The Hall–Kier alpha value is -3.95. The quantitative estimate of drug-likeness (QED) is 0.500. The third-order valence-corrected chi connectivity index (χ3v) is 5.36. The van der Waals surface area contributed by atoms with Gasteiger partial charge in [-0.2, -0.15) is 4.39 Å². The van der Waals surface area contributed by atoms with Crippen LogP contribution in [0.25, 0.3) is 11.0 Å². The molecule has 0 radical (unpaired) electrons. The Morgan fingerprint density at radius 1 is 1.27 bits per heavy atom. The maximum atomic E-state index is 13.5. The number of amides is 4. The molecule has 3 aromatic rings. The number of imide groups is 1. The molecule has 4 amide bonds. The van der Waals surface area contributed by atoms with Crippen molar-refractivity contribution in [2.45, 2.75) is 12.1 Å². The lowest BCUT2D eigenvalue weighted by atomic mass is 9.95. The van der Waals surface area contributed by atoms with Crippen LogP contribution in [0.2, 0.25) is 0 Å². The Morgan fingerprint density at radius 2 is 2.10 bits per heavy atom. The molecule has 2 aromatic heterocycles. The van der Waals surface area contributed by atoms with E-state index in [0.717, 1.165) is 11.6 Å². The number of furan rings is 1. The monoisotopic (exact) mass is 410 g/mol. The van der Waals surface area contributed by atoms with Crippen molar-refractivity contribution in [2.24, 2.45) is 0 Å². The van der Waals surface area contributed by atoms with Crippen LogP contribution in [0.3, 0.4) is 0 Å². The van der Waals surface area contributed by atoms with Crippen molar-refractivity contribution >= 4 is 28.8 Å². The lowest BCUT2D eigenvalue weighted by Crippen LogP contribution is -2.52. The highest BCUT2D eigenvalue weighted by atomic mass is 19.1. The van der Waals surface area contributed by atoms with Gasteiger partial charge in [0.2, 0.25) is 5.95 Å². The number of carbonyl (C=O) groups is 3. The van der Waals surface area contributed by atoms with Crippen LogP contribution in [0.1, 0.15) is 21.7 Å². The van der Waals surface area contributed by atoms with Gasteiger partial charge in [0.1, 0.15) is 11.5 Å². The van der Waals surface area contributed by atoms with E-state index in [1.165, 1.54) is 24.3 Å². The largest absolute Gasteiger partial charge is 0.497 e. The molecule has 30 heavy (non-hydrogen) atoms. The molecule has 1 fully saturated rings. The van der Waals surface area contributed by atoms with E-state index in [2.05, 4.69) is 15.6 Å². The number of ether oxygens (including phenoxy) is 1. The lowest BCUT2D eigenvalue weighted by Gasteiger charge is -2.29. The van der Waals surface area contributed by atoms with Crippen LogP contribution in [0, 0.1) is 5.95 Å². The van der Waals surface area contributed by atoms with E-state index in [9.17, 15) is 18.8 Å².